The van der Waals surface area contributed by atoms with Crippen molar-refractivity contribution in [3.05, 3.63) is 34.9 Å². The third kappa shape index (κ3) is 3.47. The molecule has 2 saturated carbocycles. The fourth-order valence-corrected chi connectivity index (χ4v) is 6.30. The molecule has 12 nitrogen and oxygen atoms in total. The molecule has 0 spiro atoms. The summed E-state index contributed by atoms with van der Waals surface area (Å²) in [5.74, 6) is -15.6. The number of carbonyl (C=O) groups excluding carboxylic acids is 5. The minimum absolute atomic E-state index is 0.0265. The number of nitrogens with two attached hydrogens (primary N) is 1. The number of nitrogens with zero attached hydrogens (tertiary/aromatic N) is 1. The Labute approximate surface area is 210 Å². The summed E-state index contributed by atoms with van der Waals surface area (Å²) in [6.45, 7) is 1.58. The highest BCUT2D eigenvalue weighted by atomic mass is 16.4. The van der Waals surface area contributed by atoms with Crippen LogP contribution in [0.5, 0.6) is 5.75 Å². The molecular weight excluding hydrogens is 488 g/mol. The van der Waals surface area contributed by atoms with Gasteiger partial charge in [0.25, 0.3) is 0 Å². The fourth-order valence-electron chi connectivity index (χ4n) is 6.30. The lowest BCUT2D eigenvalue weighted by Crippen LogP contribution is -2.77. The molecule has 0 heterocycles. The molecule has 0 bridgehead atoms. The normalized spacial score (nSPS) is 35.4. The Morgan fingerprint density at radius 1 is 1.11 bits per heavy atom. The number of aliphatic carboxylic acids is 1. The van der Waals surface area contributed by atoms with Crippen LogP contribution in [-0.4, -0.2) is 92.2 Å². The molecule has 0 radical (unpaired) electrons. The number of amides is 1. The predicted molar refractivity (Wildman–Crippen MR) is 124 cm³/mol. The first-order valence-electron chi connectivity index (χ1n) is 11.5. The molecule has 37 heavy (non-hydrogen) atoms. The second-order valence-corrected chi connectivity index (χ2v) is 10.0. The van der Waals surface area contributed by atoms with E-state index in [2.05, 4.69) is 0 Å². The van der Waals surface area contributed by atoms with Gasteiger partial charge in [0.1, 0.15) is 5.75 Å². The molecule has 8 unspecified atom stereocenters. The van der Waals surface area contributed by atoms with Crippen LogP contribution < -0.4 is 5.73 Å². The van der Waals surface area contributed by atoms with Gasteiger partial charge < -0.3 is 26.2 Å². The van der Waals surface area contributed by atoms with Crippen LogP contribution in [0.1, 0.15) is 34.3 Å². The molecular formula is C25H26N2O10. The Morgan fingerprint density at radius 3 is 2.27 bits per heavy atom. The van der Waals surface area contributed by atoms with E-state index < -0.39 is 88.1 Å². The zero-order valence-electron chi connectivity index (χ0n) is 20.1. The molecule has 1 aromatic carbocycles. The number of aliphatic hydroxyl groups excluding tert-OH is 1. The van der Waals surface area contributed by atoms with Crippen LogP contribution in [0.4, 0.5) is 0 Å². The van der Waals surface area contributed by atoms with Gasteiger partial charge in [-0.15, -0.1) is 0 Å². The van der Waals surface area contributed by atoms with E-state index >= 15 is 0 Å². The largest absolute Gasteiger partial charge is 0.507 e. The first kappa shape index (κ1) is 26.3. The zero-order valence-corrected chi connectivity index (χ0v) is 20.1. The first-order chi connectivity index (χ1) is 17.2. The smallest absolute Gasteiger partial charge is 0.328 e. The third-order valence-electron chi connectivity index (χ3n) is 7.93. The highest BCUT2D eigenvalue weighted by Gasteiger charge is 2.72. The number of Topliss-reactive ketones (excluding diaryl/α,β-unsaturated/α-hetero) is 4. The van der Waals surface area contributed by atoms with Crippen molar-refractivity contribution in [2.45, 2.75) is 30.6 Å². The number of hydrogen-bond donors (Lipinski definition) is 5. The number of phenols is 1. The number of aliphatic hydroxyl groups is 2. The molecule has 2 fully saturated rings. The maximum absolute atomic E-state index is 13.8. The van der Waals surface area contributed by atoms with Gasteiger partial charge in [0.05, 0.1) is 29.5 Å². The topological polar surface area (TPSA) is 213 Å². The maximum atomic E-state index is 13.8. The molecule has 1 amide bonds. The molecule has 0 aliphatic heterocycles. The van der Waals surface area contributed by atoms with Crippen LogP contribution in [-0.2, 0) is 24.0 Å². The minimum Gasteiger partial charge on any atom is -0.507 e. The molecule has 4 rings (SSSR count). The molecule has 6 N–H and O–H groups in total. The summed E-state index contributed by atoms with van der Waals surface area (Å²) in [7, 11) is 2.82. The molecule has 8 atom stereocenters. The van der Waals surface area contributed by atoms with Gasteiger partial charge in [-0.3, -0.25) is 28.9 Å². The summed E-state index contributed by atoms with van der Waals surface area (Å²) in [4.78, 5) is 78.1. The molecule has 12 heteroatoms. The second-order valence-electron chi connectivity index (χ2n) is 10.0. The SMILES string of the molecule is CC1c2ccc(/C=C/C(=O)O)c(O)c2C(=O)C2C(=O)C3(O)C(=O)C(C(N)=O)C(=O)C(N(C)C)C3C(O)C21. The third-order valence-corrected chi connectivity index (χ3v) is 7.93. The van der Waals surface area contributed by atoms with Gasteiger partial charge in [-0.05, 0) is 31.7 Å². The number of carboxylic acid groups (broad SMARTS) is 1. The number of carbonyl (C=O) groups is 6. The average Bonchev–Trinajstić information content (AvgIpc) is 2.80. The Hall–Kier alpha value is -3.74. The van der Waals surface area contributed by atoms with Crippen molar-refractivity contribution in [3.63, 3.8) is 0 Å². The highest BCUT2D eigenvalue weighted by molar-refractivity contribution is 6.32. The van der Waals surface area contributed by atoms with Crippen molar-refractivity contribution in [2.75, 3.05) is 14.1 Å². The van der Waals surface area contributed by atoms with Crippen molar-refractivity contribution in [1.82, 2.24) is 4.90 Å². The van der Waals surface area contributed by atoms with E-state index in [4.69, 9.17) is 10.8 Å². The van der Waals surface area contributed by atoms with Gasteiger partial charge in [-0.25, -0.2) is 4.79 Å². The molecule has 1 aromatic rings. The summed E-state index contributed by atoms with van der Waals surface area (Å²) >= 11 is 0. The van der Waals surface area contributed by atoms with Gasteiger partial charge in [-0.1, -0.05) is 19.1 Å². The minimum atomic E-state index is -3.08. The molecule has 0 aromatic heterocycles. The number of aromatic hydroxyl groups is 1. The standard InChI is InChI=1S/C25H26N2O10/c1-8-10-6-4-9(5-7-11(28)29)18(30)13(10)19(31)14-12(8)20(32)16-17(27(2)3)21(33)15(24(26)36)23(35)25(16,37)22(14)34/h4-8,12,14-17,20,30,32,37H,1-3H3,(H2,26,36)(H,28,29)/b7-5+. The highest BCUT2D eigenvalue weighted by Crippen LogP contribution is 2.54. The number of hydrogen-bond acceptors (Lipinski definition) is 10. The van der Waals surface area contributed by atoms with Crippen molar-refractivity contribution in [2.24, 2.45) is 29.4 Å². The van der Waals surface area contributed by atoms with E-state index in [9.17, 15) is 44.1 Å². The van der Waals surface area contributed by atoms with E-state index in [0.717, 1.165) is 12.2 Å². The number of rotatable bonds is 4. The Kier molecular flexibility index (Phi) is 6.18. The van der Waals surface area contributed by atoms with Crippen LogP contribution in [0.3, 0.4) is 0 Å². The monoisotopic (exact) mass is 514 g/mol. The maximum Gasteiger partial charge on any atom is 0.328 e. The summed E-state index contributed by atoms with van der Waals surface area (Å²) in [5.41, 5.74) is 2.12. The lowest BCUT2D eigenvalue weighted by molar-refractivity contribution is -0.196. The lowest BCUT2D eigenvalue weighted by Gasteiger charge is -2.56. The number of ketones is 4. The average molecular weight is 514 g/mol. The van der Waals surface area contributed by atoms with Crippen LogP contribution in [0.15, 0.2) is 18.2 Å². The number of primary amides is 1. The number of benzene rings is 1. The summed E-state index contributed by atoms with van der Waals surface area (Å²) < 4.78 is 0. The van der Waals surface area contributed by atoms with Crippen LogP contribution in [0.2, 0.25) is 0 Å². The quantitative estimate of drug-likeness (QED) is 0.230. The van der Waals surface area contributed by atoms with Gasteiger partial charge >= 0.3 is 5.97 Å². The number of fused-ring (bicyclic) bond motifs is 3. The van der Waals surface area contributed by atoms with Crippen molar-refractivity contribution >= 4 is 41.1 Å². The molecule has 3 aliphatic rings. The summed E-state index contributed by atoms with van der Waals surface area (Å²) in [6.07, 6.45) is 0.0772. The van der Waals surface area contributed by atoms with Gasteiger partial charge in [0.15, 0.2) is 34.7 Å². The zero-order chi connectivity index (χ0) is 27.7. The number of likely N-dealkylation sites (N-methyl/N-ethyl adjacent to an activating group) is 1. The fraction of sp³-hybridized carbons (Fsp3) is 0.440. The molecule has 0 saturated heterocycles. The van der Waals surface area contributed by atoms with Crippen molar-refractivity contribution in [1.29, 1.82) is 0 Å². The first-order valence-corrected chi connectivity index (χ1v) is 11.5. The van der Waals surface area contributed by atoms with Crippen molar-refractivity contribution < 1.29 is 49.2 Å². The molecule has 3 aliphatic carbocycles. The van der Waals surface area contributed by atoms with E-state index in [1.54, 1.807) is 6.92 Å². The van der Waals surface area contributed by atoms with E-state index in [1.807, 2.05) is 0 Å². The number of carboxylic acids is 1. The van der Waals surface area contributed by atoms with E-state index in [1.165, 1.54) is 31.1 Å². The lowest BCUT2D eigenvalue weighted by atomic mass is 9.49. The molecule has 196 valence electrons. The van der Waals surface area contributed by atoms with Gasteiger partial charge in [-0.2, -0.15) is 0 Å². The van der Waals surface area contributed by atoms with Crippen molar-refractivity contribution in [3.8, 4) is 5.75 Å². The van der Waals surface area contributed by atoms with E-state index in [-0.39, 0.29) is 16.7 Å². The van der Waals surface area contributed by atoms with Crippen LogP contribution in [0.25, 0.3) is 6.08 Å². The van der Waals surface area contributed by atoms with Gasteiger partial charge in [0, 0.05) is 17.6 Å². The second kappa shape index (κ2) is 8.68. The summed E-state index contributed by atoms with van der Waals surface area (Å²) in [5, 5.41) is 42.8. The Bertz CT molecular complexity index is 1300. The Morgan fingerprint density at radius 2 is 1.73 bits per heavy atom. The predicted octanol–water partition coefficient (Wildman–Crippen LogP) is -1.50. The van der Waals surface area contributed by atoms with Crippen LogP contribution >= 0.6 is 0 Å². The number of phenolic OH excluding ortho intramolecular Hbond substituents is 1. The van der Waals surface area contributed by atoms with E-state index in [0.29, 0.717) is 0 Å². The Balaban J connectivity index is 1.93. The summed E-state index contributed by atoms with van der Waals surface area (Å²) in [6, 6.07) is 1.39. The van der Waals surface area contributed by atoms with Crippen LogP contribution in [0, 0.1) is 23.7 Å². The van der Waals surface area contributed by atoms with Gasteiger partial charge in [0.2, 0.25) is 5.91 Å².